The SMILES string of the molecule is CO[C@@H]1c2ccccc2C[C@H]1NC(=O)C(c1ccc(F)cc1F)n1ncccc1=O. The first kappa shape index (κ1) is 19.9. The Kier molecular flexibility index (Phi) is 5.41. The van der Waals surface area contributed by atoms with E-state index in [0.29, 0.717) is 12.5 Å². The topological polar surface area (TPSA) is 73.2 Å². The van der Waals surface area contributed by atoms with Gasteiger partial charge >= 0.3 is 0 Å². The van der Waals surface area contributed by atoms with E-state index in [0.717, 1.165) is 27.9 Å². The molecule has 0 saturated carbocycles. The van der Waals surface area contributed by atoms with E-state index in [1.807, 2.05) is 24.3 Å². The second kappa shape index (κ2) is 8.16. The zero-order chi connectivity index (χ0) is 21.3. The molecule has 1 aromatic heterocycles. The molecule has 1 heterocycles. The van der Waals surface area contributed by atoms with E-state index in [9.17, 15) is 18.4 Å². The van der Waals surface area contributed by atoms with Gasteiger partial charge in [0.15, 0.2) is 6.04 Å². The van der Waals surface area contributed by atoms with Crippen LogP contribution in [0.2, 0.25) is 0 Å². The summed E-state index contributed by atoms with van der Waals surface area (Å²) in [6, 6.07) is 11.4. The highest BCUT2D eigenvalue weighted by Crippen LogP contribution is 2.34. The van der Waals surface area contributed by atoms with Crippen molar-refractivity contribution in [3.05, 3.63) is 99.5 Å². The molecule has 3 aromatic rings. The lowest BCUT2D eigenvalue weighted by Crippen LogP contribution is -2.45. The van der Waals surface area contributed by atoms with E-state index < -0.39 is 35.2 Å². The molecule has 0 fully saturated rings. The number of carbonyl (C=O) groups excluding carboxylic acids is 1. The van der Waals surface area contributed by atoms with Crippen LogP contribution in [0.4, 0.5) is 8.78 Å². The maximum atomic E-state index is 14.6. The summed E-state index contributed by atoms with van der Waals surface area (Å²) in [7, 11) is 1.55. The second-order valence-corrected chi connectivity index (χ2v) is 7.05. The molecule has 0 bridgehead atoms. The van der Waals surface area contributed by atoms with Gasteiger partial charge in [0.2, 0.25) is 5.91 Å². The van der Waals surface area contributed by atoms with Gasteiger partial charge in [-0.15, -0.1) is 0 Å². The number of nitrogens with zero attached hydrogens (tertiary/aromatic N) is 2. The van der Waals surface area contributed by atoms with Crippen LogP contribution >= 0.6 is 0 Å². The molecule has 1 unspecified atom stereocenters. The standard InChI is InChI=1S/C22H19F2N3O3/c1-30-21-15-6-3-2-5-13(15)11-18(21)26-22(29)20(27-19(28)7-4-10-25-27)16-9-8-14(23)12-17(16)24/h2-10,12,18,20-21H,11H2,1H3,(H,26,29)/t18-,20?,21-/m1/s1. The van der Waals surface area contributed by atoms with Crippen molar-refractivity contribution < 1.29 is 18.3 Å². The second-order valence-electron chi connectivity index (χ2n) is 7.05. The molecular weight excluding hydrogens is 392 g/mol. The van der Waals surface area contributed by atoms with Gasteiger partial charge in [0.1, 0.15) is 17.7 Å². The Morgan fingerprint density at radius 2 is 2.00 bits per heavy atom. The van der Waals surface area contributed by atoms with Gasteiger partial charge in [-0.25, -0.2) is 13.5 Å². The molecule has 1 aliphatic carbocycles. The average Bonchev–Trinajstić information content (AvgIpc) is 3.08. The fourth-order valence-electron chi connectivity index (χ4n) is 3.91. The molecule has 0 radical (unpaired) electrons. The third-order valence-corrected chi connectivity index (χ3v) is 5.24. The largest absolute Gasteiger partial charge is 0.375 e. The van der Waals surface area contributed by atoms with E-state index in [-0.39, 0.29) is 11.7 Å². The molecule has 2 aromatic carbocycles. The van der Waals surface area contributed by atoms with E-state index in [2.05, 4.69) is 10.4 Å². The highest BCUT2D eigenvalue weighted by Gasteiger charge is 2.36. The van der Waals surface area contributed by atoms with E-state index in [4.69, 9.17) is 4.74 Å². The minimum atomic E-state index is -1.40. The van der Waals surface area contributed by atoms with Crippen molar-refractivity contribution in [1.29, 1.82) is 0 Å². The lowest BCUT2D eigenvalue weighted by Gasteiger charge is -2.24. The number of halogens is 2. The number of rotatable bonds is 5. The summed E-state index contributed by atoms with van der Waals surface area (Å²) in [6.45, 7) is 0. The van der Waals surface area contributed by atoms with Crippen LogP contribution in [0.1, 0.15) is 28.8 Å². The monoisotopic (exact) mass is 411 g/mol. The van der Waals surface area contributed by atoms with Gasteiger partial charge in [-0.1, -0.05) is 30.3 Å². The molecule has 6 nitrogen and oxygen atoms in total. The highest BCUT2D eigenvalue weighted by atomic mass is 19.1. The van der Waals surface area contributed by atoms with Crippen molar-refractivity contribution in [3.8, 4) is 0 Å². The van der Waals surface area contributed by atoms with Crippen molar-refractivity contribution in [1.82, 2.24) is 15.1 Å². The maximum Gasteiger partial charge on any atom is 0.267 e. The fourth-order valence-corrected chi connectivity index (χ4v) is 3.91. The molecule has 3 atom stereocenters. The summed E-state index contributed by atoms with van der Waals surface area (Å²) in [5.74, 6) is -2.36. The van der Waals surface area contributed by atoms with Gasteiger partial charge in [-0.05, 0) is 29.7 Å². The van der Waals surface area contributed by atoms with Gasteiger partial charge in [0.25, 0.3) is 5.56 Å². The zero-order valence-electron chi connectivity index (χ0n) is 16.1. The Morgan fingerprint density at radius 3 is 2.73 bits per heavy atom. The van der Waals surface area contributed by atoms with Crippen LogP contribution in [0.5, 0.6) is 0 Å². The van der Waals surface area contributed by atoms with Crippen molar-refractivity contribution in [2.45, 2.75) is 24.6 Å². The molecule has 154 valence electrons. The van der Waals surface area contributed by atoms with Crippen LogP contribution in [-0.4, -0.2) is 28.8 Å². The average molecular weight is 411 g/mol. The smallest absolute Gasteiger partial charge is 0.267 e. The predicted octanol–water partition coefficient (Wildman–Crippen LogP) is 2.54. The molecule has 1 N–H and O–H groups in total. The van der Waals surface area contributed by atoms with Gasteiger partial charge in [-0.2, -0.15) is 5.10 Å². The van der Waals surface area contributed by atoms with Crippen molar-refractivity contribution >= 4 is 5.91 Å². The molecule has 8 heteroatoms. The first-order valence-electron chi connectivity index (χ1n) is 9.39. The van der Waals surface area contributed by atoms with E-state index >= 15 is 0 Å². The third kappa shape index (κ3) is 3.61. The Hall–Kier alpha value is -3.39. The maximum absolute atomic E-state index is 14.6. The number of nitrogens with one attached hydrogen (secondary N) is 1. The van der Waals surface area contributed by atoms with E-state index in [1.54, 1.807) is 7.11 Å². The normalized spacial score (nSPS) is 18.6. The Morgan fingerprint density at radius 1 is 1.20 bits per heavy atom. The molecular formula is C22H19F2N3O3. The molecule has 4 rings (SSSR count). The number of hydrogen-bond donors (Lipinski definition) is 1. The predicted molar refractivity (Wildman–Crippen MR) is 105 cm³/mol. The summed E-state index contributed by atoms with van der Waals surface area (Å²) < 4.78 is 34.5. The number of benzene rings is 2. The fraction of sp³-hybridized carbons (Fsp3) is 0.227. The van der Waals surface area contributed by atoms with Crippen LogP contribution in [0.25, 0.3) is 0 Å². The molecule has 1 aliphatic rings. The number of aromatic nitrogens is 2. The van der Waals surface area contributed by atoms with Crippen molar-refractivity contribution in [2.24, 2.45) is 0 Å². The summed E-state index contributed by atoms with van der Waals surface area (Å²) in [6.07, 6.45) is 1.46. The Bertz CT molecular complexity index is 1150. The quantitative estimate of drug-likeness (QED) is 0.700. The number of amides is 1. The summed E-state index contributed by atoms with van der Waals surface area (Å²) >= 11 is 0. The highest BCUT2D eigenvalue weighted by molar-refractivity contribution is 5.84. The number of hydrogen-bond acceptors (Lipinski definition) is 4. The number of ether oxygens (including phenoxy) is 1. The zero-order valence-corrected chi connectivity index (χ0v) is 16.1. The number of carbonyl (C=O) groups is 1. The number of fused-ring (bicyclic) bond motifs is 1. The Balaban J connectivity index is 1.70. The van der Waals surface area contributed by atoms with Crippen LogP contribution < -0.4 is 10.9 Å². The summed E-state index contributed by atoms with van der Waals surface area (Å²) in [4.78, 5) is 25.6. The van der Waals surface area contributed by atoms with Crippen LogP contribution in [0, 0.1) is 11.6 Å². The van der Waals surface area contributed by atoms with Crippen LogP contribution in [0.15, 0.2) is 65.6 Å². The molecule has 0 aliphatic heterocycles. The summed E-state index contributed by atoms with van der Waals surface area (Å²) in [5.41, 5.74) is 1.26. The van der Waals surface area contributed by atoms with Gasteiger partial charge in [0, 0.05) is 31.0 Å². The lowest BCUT2D eigenvalue weighted by atomic mass is 10.0. The third-order valence-electron chi connectivity index (χ3n) is 5.24. The summed E-state index contributed by atoms with van der Waals surface area (Å²) in [5, 5.41) is 6.81. The van der Waals surface area contributed by atoms with Crippen LogP contribution in [-0.2, 0) is 16.0 Å². The van der Waals surface area contributed by atoms with Crippen molar-refractivity contribution in [3.63, 3.8) is 0 Å². The molecule has 1 amide bonds. The van der Waals surface area contributed by atoms with Crippen LogP contribution in [0.3, 0.4) is 0 Å². The van der Waals surface area contributed by atoms with Gasteiger partial charge in [-0.3, -0.25) is 9.59 Å². The van der Waals surface area contributed by atoms with Gasteiger partial charge < -0.3 is 10.1 Å². The first-order chi connectivity index (χ1) is 14.5. The molecule has 0 saturated heterocycles. The molecule has 0 spiro atoms. The van der Waals surface area contributed by atoms with E-state index in [1.165, 1.54) is 18.3 Å². The van der Waals surface area contributed by atoms with Crippen molar-refractivity contribution in [2.75, 3.05) is 7.11 Å². The minimum Gasteiger partial charge on any atom is -0.375 e. The van der Waals surface area contributed by atoms with Gasteiger partial charge in [0.05, 0.1) is 6.04 Å². The first-order valence-corrected chi connectivity index (χ1v) is 9.39. The molecule has 30 heavy (non-hydrogen) atoms. The lowest BCUT2D eigenvalue weighted by molar-refractivity contribution is -0.125. The minimum absolute atomic E-state index is 0.154. The Labute approximate surface area is 171 Å². The number of methoxy groups -OCH3 is 1.